The van der Waals surface area contributed by atoms with E-state index in [1.807, 2.05) is 13.8 Å². The molecule has 0 aromatic carbocycles. The number of halogens is 3. The number of ether oxygens (including phenoxy) is 1. The highest BCUT2D eigenvalue weighted by Crippen LogP contribution is 2.14. The van der Waals surface area contributed by atoms with Crippen molar-refractivity contribution in [1.82, 2.24) is 9.97 Å². The van der Waals surface area contributed by atoms with Crippen LogP contribution < -0.4 is 10.6 Å². The highest BCUT2D eigenvalue weighted by atomic mass is 19.4. The lowest BCUT2D eigenvalue weighted by molar-refractivity contribution is -0.172. The fourth-order valence-corrected chi connectivity index (χ4v) is 1.63. The molecule has 0 saturated carbocycles. The molecular formula is C13H21F3N4O. The van der Waals surface area contributed by atoms with Gasteiger partial charge in [-0.3, -0.25) is 0 Å². The van der Waals surface area contributed by atoms with Crippen molar-refractivity contribution >= 4 is 11.6 Å². The Kier molecular flexibility index (Phi) is 7.21. The standard InChI is InChI=1S/C13H21F3N4O/c1-3-5-10-19-11(17-4-2)8-12(20-10)18-6-7-21-9-13(14,15)16/h8H,3-7,9H2,1-2H3,(H2,17,18,19,20). The first-order valence-corrected chi connectivity index (χ1v) is 6.94. The minimum absolute atomic E-state index is 0.0385. The van der Waals surface area contributed by atoms with Gasteiger partial charge in [0.2, 0.25) is 0 Å². The summed E-state index contributed by atoms with van der Waals surface area (Å²) in [5, 5.41) is 6.04. The van der Waals surface area contributed by atoms with E-state index in [2.05, 4.69) is 25.3 Å². The maximum atomic E-state index is 11.9. The van der Waals surface area contributed by atoms with Crippen LogP contribution in [-0.4, -0.2) is 42.4 Å². The zero-order valence-corrected chi connectivity index (χ0v) is 12.3. The van der Waals surface area contributed by atoms with Gasteiger partial charge in [0.25, 0.3) is 0 Å². The minimum Gasteiger partial charge on any atom is -0.370 e. The zero-order valence-electron chi connectivity index (χ0n) is 12.3. The molecule has 0 spiro atoms. The molecule has 1 aromatic rings. The lowest BCUT2D eigenvalue weighted by atomic mass is 10.3. The van der Waals surface area contributed by atoms with Crippen LogP contribution in [-0.2, 0) is 11.2 Å². The molecule has 1 rings (SSSR count). The molecular weight excluding hydrogens is 285 g/mol. The van der Waals surface area contributed by atoms with Gasteiger partial charge in [-0.2, -0.15) is 13.2 Å². The molecule has 0 bridgehead atoms. The molecule has 1 aromatic heterocycles. The van der Waals surface area contributed by atoms with E-state index in [0.717, 1.165) is 19.4 Å². The summed E-state index contributed by atoms with van der Waals surface area (Å²) >= 11 is 0. The molecule has 120 valence electrons. The van der Waals surface area contributed by atoms with Crippen molar-refractivity contribution in [3.8, 4) is 0 Å². The molecule has 0 atom stereocenters. The number of rotatable bonds is 9. The number of aromatic nitrogens is 2. The van der Waals surface area contributed by atoms with Crippen LogP contribution in [0.25, 0.3) is 0 Å². The first-order valence-electron chi connectivity index (χ1n) is 6.94. The predicted octanol–water partition coefficient (Wildman–Crippen LogP) is 2.85. The molecule has 0 radical (unpaired) electrons. The summed E-state index contributed by atoms with van der Waals surface area (Å²) in [6.07, 6.45) is -2.62. The molecule has 8 heteroatoms. The number of alkyl halides is 3. The average Bonchev–Trinajstić information content (AvgIpc) is 2.37. The van der Waals surface area contributed by atoms with Gasteiger partial charge in [0.15, 0.2) is 0 Å². The van der Waals surface area contributed by atoms with Crippen LogP contribution in [0.2, 0.25) is 0 Å². The number of aryl methyl sites for hydroxylation is 1. The highest BCUT2D eigenvalue weighted by molar-refractivity contribution is 5.47. The topological polar surface area (TPSA) is 59.1 Å². The summed E-state index contributed by atoms with van der Waals surface area (Å²) in [4.78, 5) is 8.66. The van der Waals surface area contributed by atoms with Crippen LogP contribution in [0.15, 0.2) is 6.07 Å². The van der Waals surface area contributed by atoms with E-state index in [-0.39, 0.29) is 13.2 Å². The fraction of sp³-hybridized carbons (Fsp3) is 0.692. The molecule has 21 heavy (non-hydrogen) atoms. The number of nitrogens with one attached hydrogen (secondary N) is 2. The van der Waals surface area contributed by atoms with Crippen LogP contribution in [0.3, 0.4) is 0 Å². The van der Waals surface area contributed by atoms with Gasteiger partial charge in [-0.15, -0.1) is 0 Å². The monoisotopic (exact) mass is 306 g/mol. The number of anilines is 2. The molecule has 0 aliphatic heterocycles. The van der Waals surface area contributed by atoms with Gasteiger partial charge in [0.05, 0.1) is 6.61 Å². The number of hydrogen-bond donors (Lipinski definition) is 2. The quantitative estimate of drug-likeness (QED) is 0.687. The normalized spacial score (nSPS) is 11.5. The Labute approximate surface area is 122 Å². The van der Waals surface area contributed by atoms with Gasteiger partial charge >= 0.3 is 6.18 Å². The van der Waals surface area contributed by atoms with Gasteiger partial charge in [-0.1, -0.05) is 6.92 Å². The van der Waals surface area contributed by atoms with E-state index in [1.165, 1.54) is 0 Å². The van der Waals surface area contributed by atoms with E-state index in [9.17, 15) is 13.2 Å². The molecule has 0 fully saturated rings. The minimum atomic E-state index is -4.29. The third-order valence-corrected chi connectivity index (χ3v) is 2.42. The van der Waals surface area contributed by atoms with Crippen molar-refractivity contribution in [3.05, 3.63) is 11.9 Å². The zero-order chi connectivity index (χ0) is 15.7. The SMILES string of the molecule is CCCc1nc(NCC)cc(NCCOCC(F)(F)F)n1. The van der Waals surface area contributed by atoms with Gasteiger partial charge < -0.3 is 15.4 Å². The summed E-state index contributed by atoms with van der Waals surface area (Å²) in [5.41, 5.74) is 0. The van der Waals surface area contributed by atoms with Crippen LogP contribution in [0.1, 0.15) is 26.1 Å². The Hall–Kier alpha value is -1.57. The summed E-state index contributed by atoms with van der Waals surface area (Å²) in [6, 6.07) is 1.73. The second-order valence-electron chi connectivity index (χ2n) is 4.43. The first-order chi connectivity index (χ1) is 9.94. The second kappa shape index (κ2) is 8.66. The smallest absolute Gasteiger partial charge is 0.370 e. The third kappa shape index (κ3) is 7.69. The molecule has 0 aliphatic rings. The van der Waals surface area contributed by atoms with E-state index < -0.39 is 12.8 Å². The van der Waals surface area contributed by atoms with E-state index in [1.54, 1.807) is 6.07 Å². The highest BCUT2D eigenvalue weighted by Gasteiger charge is 2.27. The van der Waals surface area contributed by atoms with Crippen molar-refractivity contribution < 1.29 is 17.9 Å². The maximum absolute atomic E-state index is 11.9. The van der Waals surface area contributed by atoms with Crippen molar-refractivity contribution in [2.24, 2.45) is 0 Å². The Morgan fingerprint density at radius 3 is 2.38 bits per heavy atom. The van der Waals surface area contributed by atoms with Crippen LogP contribution in [0.4, 0.5) is 24.8 Å². The maximum Gasteiger partial charge on any atom is 0.411 e. The second-order valence-corrected chi connectivity index (χ2v) is 4.43. The summed E-state index contributed by atoms with van der Waals surface area (Å²) < 4.78 is 40.2. The molecule has 0 unspecified atom stereocenters. The van der Waals surface area contributed by atoms with E-state index in [0.29, 0.717) is 17.5 Å². The molecule has 0 saturated heterocycles. The Morgan fingerprint density at radius 1 is 1.14 bits per heavy atom. The van der Waals surface area contributed by atoms with Crippen molar-refractivity contribution in [1.29, 1.82) is 0 Å². The van der Waals surface area contributed by atoms with Crippen molar-refractivity contribution in [2.75, 3.05) is 36.9 Å². The van der Waals surface area contributed by atoms with Gasteiger partial charge in [-0.05, 0) is 13.3 Å². The predicted molar refractivity (Wildman–Crippen MR) is 75.6 cm³/mol. The largest absolute Gasteiger partial charge is 0.411 e. The van der Waals surface area contributed by atoms with Crippen molar-refractivity contribution in [3.63, 3.8) is 0 Å². The molecule has 5 nitrogen and oxygen atoms in total. The van der Waals surface area contributed by atoms with Gasteiger partial charge in [-0.25, -0.2) is 9.97 Å². The van der Waals surface area contributed by atoms with Gasteiger partial charge in [0.1, 0.15) is 24.1 Å². The third-order valence-electron chi connectivity index (χ3n) is 2.42. The lowest BCUT2D eigenvalue weighted by Gasteiger charge is -2.11. The first kappa shape index (κ1) is 17.5. The summed E-state index contributed by atoms with van der Waals surface area (Å²) in [7, 11) is 0. The number of nitrogens with zero attached hydrogens (tertiary/aromatic N) is 2. The molecule has 2 N–H and O–H groups in total. The molecule has 0 amide bonds. The molecule has 0 aliphatic carbocycles. The van der Waals surface area contributed by atoms with E-state index >= 15 is 0 Å². The van der Waals surface area contributed by atoms with E-state index in [4.69, 9.17) is 0 Å². The fourth-order valence-electron chi connectivity index (χ4n) is 1.63. The Morgan fingerprint density at radius 2 is 1.81 bits per heavy atom. The van der Waals surface area contributed by atoms with Crippen LogP contribution in [0, 0.1) is 0 Å². The summed E-state index contributed by atoms with van der Waals surface area (Å²) in [5.74, 6) is 1.99. The average molecular weight is 306 g/mol. The van der Waals surface area contributed by atoms with Crippen molar-refractivity contribution in [2.45, 2.75) is 32.9 Å². The number of hydrogen-bond acceptors (Lipinski definition) is 5. The Balaban J connectivity index is 2.49. The van der Waals surface area contributed by atoms with Crippen LogP contribution in [0.5, 0.6) is 0 Å². The summed E-state index contributed by atoms with van der Waals surface area (Å²) in [6.45, 7) is 3.70. The lowest BCUT2D eigenvalue weighted by Crippen LogP contribution is -2.20. The molecule has 1 heterocycles. The van der Waals surface area contributed by atoms with Gasteiger partial charge in [0, 0.05) is 25.6 Å². The van der Waals surface area contributed by atoms with Crippen LogP contribution >= 0.6 is 0 Å². The Bertz CT molecular complexity index is 402.